The summed E-state index contributed by atoms with van der Waals surface area (Å²) >= 11 is 0. The molecule has 3 heteroatoms. The second-order valence-corrected chi connectivity index (χ2v) is 2.71. The molecule has 0 aliphatic rings. The maximum absolute atomic E-state index is 7.13. The van der Waals surface area contributed by atoms with Crippen LogP contribution in [0.2, 0.25) is 0 Å². The van der Waals surface area contributed by atoms with Crippen molar-refractivity contribution in [1.82, 2.24) is 0 Å². The molecule has 59 valence electrons. The van der Waals surface area contributed by atoms with Crippen LogP contribution < -0.4 is 0 Å². The Morgan fingerprint density at radius 2 is 1.90 bits per heavy atom. The first-order valence-electron chi connectivity index (χ1n) is 3.42. The molecule has 0 saturated heterocycles. The van der Waals surface area contributed by atoms with Gasteiger partial charge in [-0.05, 0) is 5.92 Å². The molecular weight excluding hydrogens is 201 g/mol. The Bertz CT molecular complexity index is 66.6. The topological polar surface area (TPSA) is 37.9 Å². The first-order valence-corrected chi connectivity index (χ1v) is 3.42. The van der Waals surface area contributed by atoms with Crippen molar-refractivity contribution in [3.05, 3.63) is 11.1 Å². The molecule has 0 rings (SSSR count). The van der Waals surface area contributed by atoms with Crippen LogP contribution in [-0.2, 0) is 32.7 Å². The maximum atomic E-state index is 7.13. The van der Waals surface area contributed by atoms with Crippen LogP contribution >= 0.6 is 0 Å². The Labute approximate surface area is 89.2 Å². The third-order valence-electron chi connectivity index (χ3n) is 1.62. The van der Waals surface area contributed by atoms with Gasteiger partial charge in [-0.15, -0.1) is 13.1 Å². The predicted molar refractivity (Wildman–Crippen MR) is 41.7 cm³/mol. The molecule has 0 aromatic rings. The summed E-state index contributed by atoms with van der Waals surface area (Å²) in [5.41, 5.74) is 7.13. The van der Waals surface area contributed by atoms with Gasteiger partial charge in [0.1, 0.15) is 0 Å². The zero-order chi connectivity index (χ0) is 7.28. The van der Waals surface area contributed by atoms with Crippen molar-refractivity contribution in [3.8, 4) is 0 Å². The average molecular weight is 217 g/mol. The zero-order valence-electron chi connectivity index (χ0n) is 7.09. The Balaban J connectivity index is 0. The van der Waals surface area contributed by atoms with E-state index in [2.05, 4.69) is 19.2 Å². The minimum Gasteiger partial charge on any atom is -0.677 e. The molecule has 1 unspecified atom stereocenters. The minimum absolute atomic E-state index is 0. The molecule has 2 nitrogen and oxygen atoms in total. The molecular formula is C7H16N2Y-2. The predicted octanol–water partition coefficient (Wildman–Crippen LogP) is 2.31. The van der Waals surface area contributed by atoms with E-state index in [4.69, 9.17) is 5.73 Å². The number of hydrogen-bond acceptors (Lipinski definition) is 0. The average Bonchev–Trinajstić information content (AvgIpc) is 1.82. The number of nitrogens with one attached hydrogen (secondary N) is 1. The fourth-order valence-electron chi connectivity index (χ4n) is 0.746. The number of nitrogens with zero attached hydrogens (tertiary/aromatic N) is 1. The molecule has 0 bridgehead atoms. The molecule has 10 heavy (non-hydrogen) atoms. The fraction of sp³-hybridized carbons (Fsp3) is 1.00. The van der Waals surface area contributed by atoms with Crippen LogP contribution in [-0.4, -0.2) is 20.1 Å². The minimum atomic E-state index is 0. The molecule has 0 spiro atoms. The van der Waals surface area contributed by atoms with Gasteiger partial charge in [0.25, 0.3) is 0 Å². The van der Waals surface area contributed by atoms with E-state index in [1.54, 1.807) is 0 Å². The standard InChI is InChI=1S/C7H16N2.Y/c1-6(2)7(4-8)5-9-3;/h6-8H,4-5H2,1-3H3;/q-2;. The van der Waals surface area contributed by atoms with Crippen molar-refractivity contribution in [3.63, 3.8) is 0 Å². The first-order chi connectivity index (χ1) is 4.22. The summed E-state index contributed by atoms with van der Waals surface area (Å²) in [6, 6.07) is 0. The molecule has 0 aromatic carbocycles. The van der Waals surface area contributed by atoms with Gasteiger partial charge in [0, 0.05) is 32.7 Å². The largest absolute Gasteiger partial charge is 0.677 e. The van der Waals surface area contributed by atoms with Crippen LogP contribution in [0.25, 0.3) is 11.1 Å². The van der Waals surface area contributed by atoms with Crippen LogP contribution in [0.15, 0.2) is 0 Å². The van der Waals surface area contributed by atoms with Gasteiger partial charge in [-0.3, -0.25) is 0 Å². The van der Waals surface area contributed by atoms with Gasteiger partial charge in [0.05, 0.1) is 0 Å². The van der Waals surface area contributed by atoms with E-state index in [1.165, 1.54) is 0 Å². The van der Waals surface area contributed by atoms with Crippen molar-refractivity contribution in [1.29, 1.82) is 0 Å². The van der Waals surface area contributed by atoms with Crippen molar-refractivity contribution in [2.24, 2.45) is 11.8 Å². The second-order valence-electron chi connectivity index (χ2n) is 2.71. The van der Waals surface area contributed by atoms with Gasteiger partial charge in [0.2, 0.25) is 0 Å². The molecule has 1 atom stereocenters. The molecule has 1 N–H and O–H groups in total. The summed E-state index contributed by atoms with van der Waals surface area (Å²) < 4.78 is 0. The van der Waals surface area contributed by atoms with E-state index in [9.17, 15) is 0 Å². The van der Waals surface area contributed by atoms with Crippen LogP contribution in [0.3, 0.4) is 0 Å². The van der Waals surface area contributed by atoms with Gasteiger partial charge in [-0.2, -0.15) is 7.05 Å². The van der Waals surface area contributed by atoms with Gasteiger partial charge >= 0.3 is 0 Å². The Hall–Kier alpha value is 1.02. The summed E-state index contributed by atoms with van der Waals surface area (Å²) in [5, 5.41) is 4.01. The molecule has 1 radical (unpaired) electrons. The molecule has 0 amide bonds. The molecule has 0 fully saturated rings. The third kappa shape index (κ3) is 5.78. The Morgan fingerprint density at radius 1 is 1.40 bits per heavy atom. The summed E-state index contributed by atoms with van der Waals surface area (Å²) in [7, 11) is 1.81. The third-order valence-corrected chi connectivity index (χ3v) is 1.62. The molecule has 0 aliphatic carbocycles. The molecule has 0 heterocycles. The van der Waals surface area contributed by atoms with Gasteiger partial charge in [0.15, 0.2) is 0 Å². The monoisotopic (exact) mass is 217 g/mol. The van der Waals surface area contributed by atoms with E-state index in [0.717, 1.165) is 6.54 Å². The quantitative estimate of drug-likeness (QED) is 0.693. The number of hydrogen-bond donors (Lipinski definition) is 0. The smallest absolute Gasteiger partial charge is 0 e. The van der Waals surface area contributed by atoms with Crippen LogP contribution in [0.5, 0.6) is 0 Å². The van der Waals surface area contributed by atoms with E-state index < -0.39 is 0 Å². The Morgan fingerprint density at radius 3 is 2.00 bits per heavy atom. The molecule has 0 aliphatic heterocycles. The molecule has 0 aromatic heterocycles. The number of rotatable bonds is 4. The van der Waals surface area contributed by atoms with Crippen molar-refractivity contribution in [2.75, 3.05) is 20.1 Å². The van der Waals surface area contributed by atoms with E-state index in [0.29, 0.717) is 18.4 Å². The van der Waals surface area contributed by atoms with Gasteiger partial charge in [-0.1, -0.05) is 19.8 Å². The first kappa shape index (κ1) is 13.6. The molecule has 0 saturated carbocycles. The summed E-state index contributed by atoms with van der Waals surface area (Å²) in [5.74, 6) is 1.07. The van der Waals surface area contributed by atoms with E-state index >= 15 is 0 Å². The van der Waals surface area contributed by atoms with Crippen LogP contribution in [0.1, 0.15) is 13.8 Å². The normalized spacial score (nSPS) is 12.9. The maximum Gasteiger partial charge on any atom is 0 e. The van der Waals surface area contributed by atoms with E-state index in [1.807, 2.05) is 7.05 Å². The van der Waals surface area contributed by atoms with Crippen molar-refractivity contribution >= 4 is 0 Å². The van der Waals surface area contributed by atoms with Crippen LogP contribution in [0, 0.1) is 11.8 Å². The SMILES string of the molecule is C[N-]CC(C[NH-])C(C)C.[Y]. The Kier molecular flexibility index (Phi) is 11.1. The van der Waals surface area contributed by atoms with Crippen molar-refractivity contribution in [2.45, 2.75) is 13.8 Å². The van der Waals surface area contributed by atoms with Gasteiger partial charge in [-0.25, -0.2) is 0 Å². The fourth-order valence-corrected chi connectivity index (χ4v) is 0.746. The van der Waals surface area contributed by atoms with Crippen LogP contribution in [0.4, 0.5) is 0 Å². The second kappa shape index (κ2) is 8.12. The summed E-state index contributed by atoms with van der Waals surface area (Å²) in [6.07, 6.45) is 0. The van der Waals surface area contributed by atoms with Gasteiger partial charge < -0.3 is 11.1 Å². The van der Waals surface area contributed by atoms with E-state index in [-0.39, 0.29) is 32.7 Å². The summed E-state index contributed by atoms with van der Waals surface area (Å²) in [4.78, 5) is 0. The van der Waals surface area contributed by atoms with Crippen molar-refractivity contribution < 1.29 is 32.7 Å². The zero-order valence-corrected chi connectivity index (χ0v) is 9.93. The summed E-state index contributed by atoms with van der Waals surface area (Å²) in [6.45, 7) is 5.64.